The number of fused-ring (bicyclic) bond motifs is 3. The Labute approximate surface area is 190 Å². The smallest absolute Gasteiger partial charge is 0.230 e. The molecule has 1 amide bonds. The Kier molecular flexibility index (Phi) is 5.33. The molecule has 0 unspecified atom stereocenters. The molecule has 32 heavy (non-hydrogen) atoms. The summed E-state index contributed by atoms with van der Waals surface area (Å²) in [5, 5.41) is 13.5. The maximum Gasteiger partial charge on any atom is 0.230 e. The number of benzene rings is 3. The van der Waals surface area contributed by atoms with Crippen LogP contribution in [-0.2, 0) is 24.1 Å². The van der Waals surface area contributed by atoms with E-state index in [1.165, 1.54) is 0 Å². The molecule has 1 aliphatic rings. The molecule has 0 spiro atoms. The third kappa shape index (κ3) is 4.07. The Morgan fingerprint density at radius 1 is 0.938 bits per heavy atom. The van der Waals surface area contributed by atoms with Crippen LogP contribution in [0.2, 0.25) is 5.02 Å². The maximum atomic E-state index is 12.8. The third-order valence-electron chi connectivity index (χ3n) is 5.53. The first kappa shape index (κ1) is 20.2. The van der Waals surface area contributed by atoms with Crippen molar-refractivity contribution in [3.05, 3.63) is 94.6 Å². The predicted octanol–water partition coefficient (Wildman–Crippen LogP) is 5.45. The minimum Gasteiger partial charge on any atom is -0.508 e. The lowest BCUT2D eigenvalue weighted by molar-refractivity contribution is -0.115. The van der Waals surface area contributed by atoms with Crippen molar-refractivity contribution in [1.29, 1.82) is 0 Å². The van der Waals surface area contributed by atoms with Gasteiger partial charge in [-0.1, -0.05) is 54.1 Å². The lowest BCUT2D eigenvalue weighted by atomic mass is 9.91. The van der Waals surface area contributed by atoms with Gasteiger partial charge in [0, 0.05) is 16.1 Å². The summed E-state index contributed by atoms with van der Waals surface area (Å²) < 4.78 is 0. The number of carbonyl (C=O) groups is 1. The molecule has 1 heterocycles. The lowest BCUT2D eigenvalue weighted by Crippen LogP contribution is -2.18. The van der Waals surface area contributed by atoms with Gasteiger partial charge in [-0.2, -0.15) is 0 Å². The highest BCUT2D eigenvalue weighted by atomic mass is 35.5. The van der Waals surface area contributed by atoms with Crippen molar-refractivity contribution < 1.29 is 9.90 Å². The fraction of sp³-hybridized carbons (Fsp3) is 0.115. The van der Waals surface area contributed by atoms with Crippen molar-refractivity contribution in [2.75, 3.05) is 5.32 Å². The van der Waals surface area contributed by atoms with E-state index >= 15 is 0 Å². The van der Waals surface area contributed by atoms with Crippen molar-refractivity contribution in [3.63, 3.8) is 0 Å². The molecule has 3 aromatic carbocycles. The summed E-state index contributed by atoms with van der Waals surface area (Å²) in [6.07, 6.45) is 1.66. The number of phenols is 1. The van der Waals surface area contributed by atoms with Crippen LogP contribution in [0.1, 0.15) is 16.8 Å². The minimum absolute atomic E-state index is 0.167. The molecule has 1 aromatic heterocycles. The van der Waals surface area contributed by atoms with Crippen LogP contribution in [-0.4, -0.2) is 21.0 Å². The van der Waals surface area contributed by atoms with E-state index in [2.05, 4.69) is 5.32 Å². The molecule has 0 radical (unpaired) electrons. The summed E-state index contributed by atoms with van der Waals surface area (Å²) in [6.45, 7) is 0. The van der Waals surface area contributed by atoms with Gasteiger partial charge in [0.1, 0.15) is 11.4 Å². The number of hydrogen-bond acceptors (Lipinski definition) is 4. The number of hydrogen-bond donors (Lipinski definition) is 2. The number of aryl methyl sites for hydroxylation is 2. The second-order valence-corrected chi connectivity index (χ2v) is 8.21. The van der Waals surface area contributed by atoms with Crippen LogP contribution < -0.4 is 5.32 Å². The van der Waals surface area contributed by atoms with Crippen molar-refractivity contribution >= 4 is 23.3 Å². The second kappa shape index (κ2) is 8.44. The van der Waals surface area contributed by atoms with Gasteiger partial charge < -0.3 is 10.4 Å². The summed E-state index contributed by atoms with van der Waals surface area (Å²) in [5.74, 6) is 0.533. The van der Waals surface area contributed by atoms with Crippen LogP contribution in [0.15, 0.2) is 72.8 Å². The van der Waals surface area contributed by atoms with Gasteiger partial charge in [-0.3, -0.25) is 4.79 Å². The summed E-state index contributed by atoms with van der Waals surface area (Å²) in [4.78, 5) is 22.6. The average molecular weight is 442 g/mol. The lowest BCUT2D eigenvalue weighted by Gasteiger charge is -2.21. The molecule has 0 aliphatic heterocycles. The van der Waals surface area contributed by atoms with E-state index in [0.717, 1.165) is 40.1 Å². The van der Waals surface area contributed by atoms with E-state index in [1.807, 2.05) is 48.5 Å². The highest BCUT2D eigenvalue weighted by molar-refractivity contribution is 6.30. The van der Waals surface area contributed by atoms with E-state index in [9.17, 15) is 9.90 Å². The highest BCUT2D eigenvalue weighted by Gasteiger charge is 2.23. The standard InChI is InChI=1S/C26H20ClN3O2/c27-19-9-6-16(7-10-19)14-23(32)29-26-24(17-4-2-1-3-5-17)30-25-21-12-11-20(31)15-18(21)8-13-22(25)28-26/h1-7,9-12,15,31H,8,13-14H2,(H,28,29,32). The maximum absolute atomic E-state index is 12.8. The van der Waals surface area contributed by atoms with E-state index in [0.29, 0.717) is 23.0 Å². The first-order valence-corrected chi connectivity index (χ1v) is 10.8. The van der Waals surface area contributed by atoms with E-state index in [-0.39, 0.29) is 18.1 Å². The van der Waals surface area contributed by atoms with Gasteiger partial charge in [-0.25, -0.2) is 9.97 Å². The number of halogens is 1. The molecule has 5 nitrogen and oxygen atoms in total. The molecule has 6 heteroatoms. The summed E-state index contributed by atoms with van der Waals surface area (Å²) in [6, 6.07) is 22.2. The third-order valence-corrected chi connectivity index (χ3v) is 5.78. The summed E-state index contributed by atoms with van der Waals surface area (Å²) in [7, 11) is 0. The number of nitrogens with zero attached hydrogens (tertiary/aromatic N) is 2. The summed E-state index contributed by atoms with van der Waals surface area (Å²) in [5.41, 5.74) is 6.00. The first-order chi connectivity index (χ1) is 15.6. The molecule has 0 saturated carbocycles. The number of amides is 1. The van der Waals surface area contributed by atoms with Crippen LogP contribution in [0, 0.1) is 0 Å². The Morgan fingerprint density at radius 3 is 2.50 bits per heavy atom. The molecule has 5 rings (SSSR count). The Morgan fingerprint density at radius 2 is 1.72 bits per heavy atom. The predicted molar refractivity (Wildman–Crippen MR) is 126 cm³/mol. The molecule has 2 N–H and O–H groups in total. The highest BCUT2D eigenvalue weighted by Crippen LogP contribution is 2.36. The minimum atomic E-state index is -0.167. The zero-order valence-corrected chi connectivity index (χ0v) is 17.9. The number of nitrogens with one attached hydrogen (secondary N) is 1. The van der Waals surface area contributed by atoms with Crippen LogP contribution in [0.4, 0.5) is 5.82 Å². The fourth-order valence-electron chi connectivity index (χ4n) is 3.98. The van der Waals surface area contributed by atoms with Crippen molar-refractivity contribution in [2.45, 2.75) is 19.3 Å². The molecule has 0 saturated heterocycles. The zero-order chi connectivity index (χ0) is 22.1. The van der Waals surface area contributed by atoms with Gasteiger partial charge in [0.25, 0.3) is 0 Å². The quantitative estimate of drug-likeness (QED) is 0.441. The molecule has 0 fully saturated rings. The van der Waals surface area contributed by atoms with Crippen molar-refractivity contribution in [1.82, 2.24) is 9.97 Å². The van der Waals surface area contributed by atoms with Crippen LogP contribution >= 0.6 is 11.6 Å². The molecule has 1 aliphatic carbocycles. The van der Waals surface area contributed by atoms with Gasteiger partial charge >= 0.3 is 0 Å². The van der Waals surface area contributed by atoms with Gasteiger partial charge in [0.05, 0.1) is 17.8 Å². The van der Waals surface area contributed by atoms with Crippen molar-refractivity contribution in [2.24, 2.45) is 0 Å². The fourth-order valence-corrected chi connectivity index (χ4v) is 4.11. The van der Waals surface area contributed by atoms with E-state index < -0.39 is 0 Å². The Balaban J connectivity index is 1.54. The number of carbonyl (C=O) groups excluding carboxylic acids is 1. The number of anilines is 1. The summed E-state index contributed by atoms with van der Waals surface area (Å²) >= 11 is 5.95. The molecule has 4 aromatic rings. The zero-order valence-electron chi connectivity index (χ0n) is 17.2. The van der Waals surface area contributed by atoms with E-state index in [1.54, 1.807) is 24.3 Å². The Bertz CT molecular complexity index is 1300. The van der Waals surface area contributed by atoms with Crippen molar-refractivity contribution in [3.8, 4) is 28.3 Å². The SMILES string of the molecule is O=C(Cc1ccc(Cl)cc1)Nc1nc2c(nc1-c1ccccc1)-c1ccc(O)cc1CC2. The molecular weight excluding hydrogens is 422 g/mol. The monoisotopic (exact) mass is 441 g/mol. The molecule has 0 bridgehead atoms. The second-order valence-electron chi connectivity index (χ2n) is 7.78. The van der Waals surface area contributed by atoms with Gasteiger partial charge in [0.2, 0.25) is 5.91 Å². The topological polar surface area (TPSA) is 75.1 Å². The van der Waals surface area contributed by atoms with Gasteiger partial charge in [0.15, 0.2) is 5.82 Å². The van der Waals surface area contributed by atoms with Crippen LogP contribution in [0.3, 0.4) is 0 Å². The largest absolute Gasteiger partial charge is 0.508 e. The van der Waals surface area contributed by atoms with Crippen LogP contribution in [0.5, 0.6) is 5.75 Å². The number of aromatic hydroxyl groups is 1. The van der Waals surface area contributed by atoms with Gasteiger partial charge in [-0.05, 0) is 54.3 Å². The van der Waals surface area contributed by atoms with E-state index in [4.69, 9.17) is 21.6 Å². The van der Waals surface area contributed by atoms with Crippen LogP contribution in [0.25, 0.3) is 22.5 Å². The van der Waals surface area contributed by atoms with Gasteiger partial charge in [-0.15, -0.1) is 0 Å². The average Bonchev–Trinajstić information content (AvgIpc) is 2.80. The molecule has 0 atom stereocenters. The first-order valence-electron chi connectivity index (χ1n) is 10.4. The number of rotatable bonds is 4. The molecule has 158 valence electrons. The Hall–Kier alpha value is -3.70. The number of phenolic OH excluding ortho intramolecular Hbond substituents is 1. The molecular formula is C26H20ClN3O2. The number of aromatic nitrogens is 2. The normalized spacial score (nSPS) is 12.0.